The number of halogens is 5. The van der Waals surface area contributed by atoms with Crippen LogP contribution in [0.3, 0.4) is 0 Å². The molecule has 12 heteroatoms. The standard InChI is InChI=1S/C27H31F5N4O3/c1-16-13-22(39-26(28)29)20(24(37)34-16)14-33-25(38)23-17(2)36(21-6-4-3-5-19(21)23)15-18-7-10-35(11-8-18)12-9-27(30,31)32/h3-6,13,18,26H,7-12,14-15H2,1-2H3,(H,33,38)(H,34,37). The van der Waals surface area contributed by atoms with Crippen LogP contribution >= 0.6 is 0 Å². The van der Waals surface area contributed by atoms with Gasteiger partial charge < -0.3 is 24.5 Å². The molecule has 2 aromatic heterocycles. The Kier molecular flexibility index (Phi) is 8.63. The number of aromatic nitrogens is 2. The number of fused-ring (bicyclic) bond motifs is 1. The van der Waals surface area contributed by atoms with Gasteiger partial charge >= 0.3 is 12.8 Å². The molecule has 0 unspecified atom stereocenters. The maximum absolute atomic E-state index is 13.3. The van der Waals surface area contributed by atoms with Gasteiger partial charge in [0.1, 0.15) is 5.75 Å². The fourth-order valence-electron chi connectivity index (χ4n) is 5.20. The second kappa shape index (κ2) is 11.8. The summed E-state index contributed by atoms with van der Waals surface area (Å²) in [5, 5.41) is 3.38. The summed E-state index contributed by atoms with van der Waals surface area (Å²) in [6.07, 6.45) is -3.50. The summed E-state index contributed by atoms with van der Waals surface area (Å²) in [6.45, 7) is 1.69. The molecular weight excluding hydrogens is 523 g/mol. The van der Waals surface area contributed by atoms with Crippen molar-refractivity contribution in [3.8, 4) is 5.75 Å². The van der Waals surface area contributed by atoms with Crippen molar-refractivity contribution >= 4 is 16.8 Å². The zero-order valence-electron chi connectivity index (χ0n) is 21.7. The Bertz CT molecular complexity index is 1370. The number of ether oxygens (including phenoxy) is 1. The molecule has 0 spiro atoms. The molecule has 3 aromatic rings. The van der Waals surface area contributed by atoms with E-state index in [2.05, 4.69) is 15.0 Å². The van der Waals surface area contributed by atoms with Crippen LogP contribution in [0.2, 0.25) is 0 Å². The van der Waals surface area contributed by atoms with Crippen LogP contribution in [0.25, 0.3) is 10.9 Å². The van der Waals surface area contributed by atoms with Gasteiger partial charge in [-0.05, 0) is 51.8 Å². The Morgan fingerprint density at radius 1 is 1.18 bits per heavy atom. The first-order chi connectivity index (χ1) is 18.4. The van der Waals surface area contributed by atoms with Crippen molar-refractivity contribution < 1.29 is 31.5 Å². The van der Waals surface area contributed by atoms with Crippen LogP contribution in [0, 0.1) is 19.8 Å². The van der Waals surface area contributed by atoms with E-state index >= 15 is 0 Å². The van der Waals surface area contributed by atoms with Crippen LogP contribution in [0.5, 0.6) is 5.75 Å². The van der Waals surface area contributed by atoms with E-state index < -0.39 is 30.7 Å². The van der Waals surface area contributed by atoms with Crippen LogP contribution in [-0.4, -0.2) is 52.8 Å². The molecule has 3 heterocycles. The van der Waals surface area contributed by atoms with Crippen molar-refractivity contribution in [2.24, 2.45) is 5.92 Å². The number of hydrogen-bond donors (Lipinski definition) is 2. The lowest BCUT2D eigenvalue weighted by Crippen LogP contribution is -2.37. The number of carbonyl (C=O) groups is 1. The summed E-state index contributed by atoms with van der Waals surface area (Å²) in [4.78, 5) is 30.1. The molecule has 1 aromatic carbocycles. The fraction of sp³-hybridized carbons (Fsp3) is 0.481. The van der Waals surface area contributed by atoms with E-state index in [1.54, 1.807) is 6.07 Å². The van der Waals surface area contributed by atoms with Gasteiger partial charge in [-0.1, -0.05) is 18.2 Å². The molecule has 1 aliphatic rings. The minimum absolute atomic E-state index is 0.0000965. The van der Waals surface area contributed by atoms with E-state index in [0.717, 1.165) is 18.4 Å². The molecule has 2 N–H and O–H groups in total. The molecule has 0 aliphatic carbocycles. The lowest BCUT2D eigenvalue weighted by molar-refractivity contribution is -0.138. The number of alkyl halides is 5. The Morgan fingerprint density at radius 3 is 2.54 bits per heavy atom. The number of H-pyrrole nitrogens is 1. The predicted molar refractivity (Wildman–Crippen MR) is 136 cm³/mol. The van der Waals surface area contributed by atoms with Crippen molar-refractivity contribution in [3.05, 3.63) is 63.2 Å². The number of likely N-dealkylation sites (tertiary alicyclic amines) is 1. The van der Waals surface area contributed by atoms with Crippen LogP contribution < -0.4 is 15.6 Å². The molecule has 1 aliphatic heterocycles. The molecule has 1 fully saturated rings. The first kappa shape index (κ1) is 28.6. The third-order valence-electron chi connectivity index (χ3n) is 7.19. The highest BCUT2D eigenvalue weighted by atomic mass is 19.4. The molecule has 1 saturated heterocycles. The highest BCUT2D eigenvalue weighted by molar-refractivity contribution is 6.08. The zero-order valence-corrected chi connectivity index (χ0v) is 21.7. The Labute approximate surface area is 221 Å². The number of carbonyl (C=O) groups excluding carboxylic acids is 1. The van der Waals surface area contributed by atoms with Crippen molar-refractivity contribution in [1.29, 1.82) is 0 Å². The molecule has 1 amide bonds. The lowest BCUT2D eigenvalue weighted by atomic mass is 9.96. The second-order valence-corrected chi connectivity index (χ2v) is 9.92. The van der Waals surface area contributed by atoms with Crippen molar-refractivity contribution in [2.75, 3.05) is 19.6 Å². The summed E-state index contributed by atoms with van der Waals surface area (Å²) in [7, 11) is 0. The molecule has 0 atom stereocenters. The second-order valence-electron chi connectivity index (χ2n) is 9.92. The number of benzene rings is 1. The minimum atomic E-state index is -4.17. The number of para-hydroxylation sites is 1. The monoisotopic (exact) mass is 554 g/mol. The van der Waals surface area contributed by atoms with Gasteiger partial charge in [0.25, 0.3) is 11.5 Å². The first-order valence-electron chi connectivity index (χ1n) is 12.8. The zero-order chi connectivity index (χ0) is 28.3. The van der Waals surface area contributed by atoms with E-state index in [9.17, 15) is 31.5 Å². The third kappa shape index (κ3) is 6.97. The van der Waals surface area contributed by atoms with E-state index in [1.807, 2.05) is 34.6 Å². The third-order valence-corrected chi connectivity index (χ3v) is 7.19. The Morgan fingerprint density at radius 2 is 1.87 bits per heavy atom. The van der Waals surface area contributed by atoms with Gasteiger partial charge in [-0.3, -0.25) is 9.59 Å². The molecular formula is C27H31F5N4O3. The van der Waals surface area contributed by atoms with E-state index in [1.165, 1.54) is 13.0 Å². The minimum Gasteiger partial charge on any atom is -0.434 e. The van der Waals surface area contributed by atoms with E-state index in [4.69, 9.17) is 0 Å². The van der Waals surface area contributed by atoms with Gasteiger partial charge in [-0.2, -0.15) is 22.0 Å². The highest BCUT2D eigenvalue weighted by Gasteiger charge is 2.30. The van der Waals surface area contributed by atoms with Gasteiger partial charge in [-0.25, -0.2) is 0 Å². The lowest BCUT2D eigenvalue weighted by Gasteiger charge is -2.32. The highest BCUT2D eigenvalue weighted by Crippen LogP contribution is 2.30. The number of aromatic amines is 1. The van der Waals surface area contributed by atoms with Crippen molar-refractivity contribution in [3.63, 3.8) is 0 Å². The normalized spacial score (nSPS) is 15.3. The van der Waals surface area contributed by atoms with Crippen molar-refractivity contribution in [1.82, 2.24) is 19.8 Å². The van der Waals surface area contributed by atoms with Gasteiger partial charge in [0.15, 0.2) is 0 Å². The van der Waals surface area contributed by atoms with Gasteiger partial charge in [0.05, 0.1) is 24.1 Å². The number of hydrogen-bond acceptors (Lipinski definition) is 4. The number of aryl methyl sites for hydroxylation is 1. The smallest absolute Gasteiger partial charge is 0.390 e. The van der Waals surface area contributed by atoms with Crippen LogP contribution in [0.4, 0.5) is 22.0 Å². The summed E-state index contributed by atoms with van der Waals surface area (Å²) in [5.41, 5.74) is 1.55. The molecule has 7 nitrogen and oxygen atoms in total. The van der Waals surface area contributed by atoms with Crippen LogP contribution in [0.1, 0.15) is 46.6 Å². The Balaban J connectivity index is 1.50. The molecule has 212 valence electrons. The van der Waals surface area contributed by atoms with Gasteiger partial charge in [0, 0.05) is 41.4 Å². The van der Waals surface area contributed by atoms with Gasteiger partial charge in [0.2, 0.25) is 0 Å². The number of pyridine rings is 1. The summed E-state index contributed by atoms with van der Waals surface area (Å²) in [5.74, 6) is -0.530. The van der Waals surface area contributed by atoms with Crippen molar-refractivity contribution in [2.45, 2.75) is 59.0 Å². The molecule has 4 rings (SSSR count). The van der Waals surface area contributed by atoms with E-state index in [-0.39, 0.29) is 30.3 Å². The number of piperidine rings is 1. The summed E-state index contributed by atoms with van der Waals surface area (Å²) in [6, 6.07) is 8.66. The summed E-state index contributed by atoms with van der Waals surface area (Å²) < 4.78 is 70.0. The predicted octanol–water partition coefficient (Wildman–Crippen LogP) is 5.14. The van der Waals surface area contributed by atoms with Crippen LogP contribution in [-0.2, 0) is 13.1 Å². The maximum Gasteiger partial charge on any atom is 0.390 e. The number of nitrogens with one attached hydrogen (secondary N) is 2. The fourth-order valence-corrected chi connectivity index (χ4v) is 5.20. The average molecular weight is 555 g/mol. The summed E-state index contributed by atoms with van der Waals surface area (Å²) >= 11 is 0. The molecule has 0 saturated carbocycles. The SMILES string of the molecule is Cc1cc(OC(F)F)c(CNC(=O)c2c(C)n(CC3CCN(CCC(F)(F)F)CC3)c3ccccc23)c(=O)[nH]1. The topological polar surface area (TPSA) is 79.4 Å². The first-order valence-corrected chi connectivity index (χ1v) is 12.8. The number of nitrogens with zero attached hydrogens (tertiary/aromatic N) is 2. The average Bonchev–Trinajstić information content (AvgIpc) is 3.13. The molecule has 39 heavy (non-hydrogen) atoms. The maximum atomic E-state index is 13.3. The number of rotatable bonds is 9. The molecule has 0 radical (unpaired) electrons. The van der Waals surface area contributed by atoms with Crippen LogP contribution in [0.15, 0.2) is 35.1 Å². The number of amides is 1. The molecule has 0 bridgehead atoms. The quantitative estimate of drug-likeness (QED) is 0.359. The van der Waals surface area contributed by atoms with E-state index in [0.29, 0.717) is 42.0 Å². The largest absolute Gasteiger partial charge is 0.434 e. The van der Waals surface area contributed by atoms with Gasteiger partial charge in [-0.15, -0.1) is 0 Å². The Hall–Kier alpha value is -3.41.